The number of aromatic hydroxyl groups is 1. The standard InChI is InChI=1S/C25H21NO3/c1-15-8-4-7-11-22(15)26-24(28)20-10-6-5-9-19(20)21(25(26)29)14-18-12-16(2)23(27)17(3)13-18/h4-14,27H,1-3H3/b21-14-. The molecule has 4 rings (SSSR count). The Hall–Kier alpha value is -3.66. The molecule has 0 aromatic heterocycles. The number of phenolic OH excluding ortho intramolecular Hbond substituents is 1. The number of imide groups is 1. The quantitative estimate of drug-likeness (QED) is 0.498. The van der Waals surface area contributed by atoms with Crippen molar-refractivity contribution in [2.24, 2.45) is 0 Å². The molecule has 1 heterocycles. The van der Waals surface area contributed by atoms with Gasteiger partial charge in [-0.15, -0.1) is 0 Å². The Morgan fingerprint density at radius 1 is 0.759 bits per heavy atom. The van der Waals surface area contributed by atoms with Crippen molar-refractivity contribution in [2.75, 3.05) is 4.90 Å². The highest BCUT2D eigenvalue weighted by atomic mass is 16.3. The van der Waals surface area contributed by atoms with E-state index in [1.165, 1.54) is 4.90 Å². The zero-order valence-electron chi connectivity index (χ0n) is 16.6. The molecule has 0 bridgehead atoms. The molecule has 0 unspecified atom stereocenters. The number of aryl methyl sites for hydroxylation is 3. The summed E-state index contributed by atoms with van der Waals surface area (Å²) in [6.45, 7) is 5.53. The summed E-state index contributed by atoms with van der Waals surface area (Å²) in [7, 11) is 0. The van der Waals surface area contributed by atoms with Crippen molar-refractivity contribution < 1.29 is 14.7 Å². The van der Waals surface area contributed by atoms with Crippen LogP contribution in [0.1, 0.15) is 38.2 Å². The lowest BCUT2D eigenvalue weighted by atomic mass is 9.91. The molecule has 2 amide bonds. The Morgan fingerprint density at radius 2 is 1.34 bits per heavy atom. The van der Waals surface area contributed by atoms with Gasteiger partial charge in [0.15, 0.2) is 0 Å². The second-order valence-electron chi connectivity index (χ2n) is 7.34. The van der Waals surface area contributed by atoms with Gasteiger partial charge in [-0.3, -0.25) is 9.59 Å². The second kappa shape index (κ2) is 7.06. The van der Waals surface area contributed by atoms with E-state index in [1.54, 1.807) is 30.3 Å². The van der Waals surface area contributed by atoms with Crippen molar-refractivity contribution in [3.8, 4) is 5.75 Å². The van der Waals surface area contributed by atoms with Crippen LogP contribution in [0.5, 0.6) is 5.75 Å². The van der Waals surface area contributed by atoms with Gasteiger partial charge in [0.1, 0.15) is 5.75 Å². The first-order valence-electron chi connectivity index (χ1n) is 9.44. The number of para-hydroxylation sites is 1. The third-order valence-corrected chi connectivity index (χ3v) is 5.26. The molecule has 1 aliphatic rings. The van der Waals surface area contributed by atoms with E-state index in [2.05, 4.69) is 0 Å². The maximum absolute atomic E-state index is 13.5. The van der Waals surface area contributed by atoms with E-state index in [0.717, 1.165) is 22.3 Å². The van der Waals surface area contributed by atoms with E-state index in [0.29, 0.717) is 22.4 Å². The molecule has 1 aliphatic heterocycles. The molecule has 4 heteroatoms. The number of carbonyl (C=O) groups is 2. The number of hydrogen-bond acceptors (Lipinski definition) is 3. The van der Waals surface area contributed by atoms with E-state index in [9.17, 15) is 14.7 Å². The van der Waals surface area contributed by atoms with Crippen molar-refractivity contribution in [1.29, 1.82) is 0 Å². The van der Waals surface area contributed by atoms with Gasteiger partial charge in [0, 0.05) is 11.1 Å². The summed E-state index contributed by atoms with van der Waals surface area (Å²) in [6, 6.07) is 18.2. The Labute approximate surface area is 169 Å². The van der Waals surface area contributed by atoms with Crippen LogP contribution in [0.3, 0.4) is 0 Å². The van der Waals surface area contributed by atoms with Crippen molar-refractivity contribution in [3.63, 3.8) is 0 Å². The molecule has 4 nitrogen and oxygen atoms in total. The molecular weight excluding hydrogens is 362 g/mol. The Kier molecular flexibility index (Phi) is 4.55. The summed E-state index contributed by atoms with van der Waals surface area (Å²) in [5, 5.41) is 10.1. The van der Waals surface area contributed by atoms with Crippen LogP contribution in [-0.4, -0.2) is 16.9 Å². The highest BCUT2D eigenvalue weighted by molar-refractivity contribution is 6.43. The second-order valence-corrected chi connectivity index (χ2v) is 7.34. The van der Waals surface area contributed by atoms with Crippen LogP contribution >= 0.6 is 0 Å². The van der Waals surface area contributed by atoms with Gasteiger partial charge in [-0.05, 0) is 78.9 Å². The van der Waals surface area contributed by atoms with Gasteiger partial charge in [-0.1, -0.05) is 36.4 Å². The molecule has 0 aliphatic carbocycles. The van der Waals surface area contributed by atoms with Gasteiger partial charge >= 0.3 is 0 Å². The number of fused-ring (bicyclic) bond motifs is 1. The number of rotatable bonds is 2. The third-order valence-electron chi connectivity index (χ3n) is 5.26. The maximum Gasteiger partial charge on any atom is 0.265 e. The molecule has 3 aromatic rings. The molecule has 1 N–H and O–H groups in total. The highest BCUT2D eigenvalue weighted by Crippen LogP contribution is 2.35. The first kappa shape index (κ1) is 18.7. The summed E-state index contributed by atoms with van der Waals surface area (Å²) in [5.41, 5.74) is 5.28. The van der Waals surface area contributed by atoms with Crippen molar-refractivity contribution >= 4 is 29.2 Å². The molecule has 0 saturated carbocycles. The van der Waals surface area contributed by atoms with Gasteiger partial charge in [-0.25, -0.2) is 4.90 Å². The maximum atomic E-state index is 13.5. The minimum Gasteiger partial charge on any atom is -0.507 e. The smallest absolute Gasteiger partial charge is 0.265 e. The topological polar surface area (TPSA) is 57.6 Å². The molecule has 29 heavy (non-hydrogen) atoms. The lowest BCUT2D eigenvalue weighted by Crippen LogP contribution is -2.42. The summed E-state index contributed by atoms with van der Waals surface area (Å²) in [5.74, 6) is -0.430. The van der Waals surface area contributed by atoms with Gasteiger partial charge in [-0.2, -0.15) is 0 Å². The summed E-state index contributed by atoms with van der Waals surface area (Å²) < 4.78 is 0. The predicted molar refractivity (Wildman–Crippen MR) is 115 cm³/mol. The zero-order chi connectivity index (χ0) is 20.7. The monoisotopic (exact) mass is 383 g/mol. The molecular formula is C25H21NO3. The molecule has 3 aromatic carbocycles. The number of anilines is 1. The summed E-state index contributed by atoms with van der Waals surface area (Å²) >= 11 is 0. The highest BCUT2D eigenvalue weighted by Gasteiger charge is 2.36. The number of benzene rings is 3. The van der Waals surface area contributed by atoms with Crippen molar-refractivity contribution in [1.82, 2.24) is 0 Å². The van der Waals surface area contributed by atoms with Crippen LogP contribution in [0.15, 0.2) is 60.7 Å². The Morgan fingerprint density at radius 3 is 2.00 bits per heavy atom. The summed E-state index contributed by atoms with van der Waals surface area (Å²) in [6.07, 6.45) is 1.79. The van der Waals surface area contributed by atoms with Crippen LogP contribution in [0.25, 0.3) is 11.6 Å². The fourth-order valence-electron chi connectivity index (χ4n) is 3.76. The fourth-order valence-corrected chi connectivity index (χ4v) is 3.76. The van der Waals surface area contributed by atoms with Crippen molar-refractivity contribution in [3.05, 3.63) is 94.0 Å². The number of carbonyl (C=O) groups excluding carboxylic acids is 2. The van der Waals surface area contributed by atoms with Crippen LogP contribution in [-0.2, 0) is 4.79 Å². The Balaban J connectivity index is 1.94. The SMILES string of the molecule is Cc1ccccc1N1C(=O)/C(=C\c2cc(C)c(O)c(C)c2)c2ccccc2C1=O. The molecule has 0 atom stereocenters. The molecule has 144 valence electrons. The van der Waals surface area contributed by atoms with E-state index in [-0.39, 0.29) is 17.6 Å². The minimum absolute atomic E-state index is 0.249. The van der Waals surface area contributed by atoms with Crippen LogP contribution < -0.4 is 4.90 Å². The lowest BCUT2D eigenvalue weighted by Gasteiger charge is -2.29. The van der Waals surface area contributed by atoms with Gasteiger partial charge in [0.2, 0.25) is 0 Å². The largest absolute Gasteiger partial charge is 0.507 e. The van der Waals surface area contributed by atoms with Crippen LogP contribution in [0, 0.1) is 20.8 Å². The van der Waals surface area contributed by atoms with E-state index in [1.807, 2.05) is 57.2 Å². The summed E-state index contributed by atoms with van der Waals surface area (Å²) in [4.78, 5) is 27.9. The van der Waals surface area contributed by atoms with Gasteiger partial charge in [0.25, 0.3) is 11.8 Å². The third kappa shape index (κ3) is 3.13. The van der Waals surface area contributed by atoms with Gasteiger partial charge in [0.05, 0.1) is 5.69 Å². The van der Waals surface area contributed by atoms with E-state index >= 15 is 0 Å². The average molecular weight is 383 g/mol. The van der Waals surface area contributed by atoms with E-state index < -0.39 is 0 Å². The first-order valence-corrected chi connectivity index (χ1v) is 9.44. The minimum atomic E-state index is -0.355. The number of hydrogen-bond donors (Lipinski definition) is 1. The number of phenols is 1. The zero-order valence-corrected chi connectivity index (χ0v) is 16.6. The molecule has 0 spiro atoms. The molecule has 0 fully saturated rings. The Bertz CT molecular complexity index is 1170. The first-order chi connectivity index (χ1) is 13.9. The lowest BCUT2D eigenvalue weighted by molar-refractivity contribution is -0.112. The van der Waals surface area contributed by atoms with Crippen molar-refractivity contribution in [2.45, 2.75) is 20.8 Å². The van der Waals surface area contributed by atoms with Crippen LogP contribution in [0.4, 0.5) is 5.69 Å². The molecule has 0 radical (unpaired) electrons. The predicted octanol–water partition coefficient (Wildman–Crippen LogP) is 5.05. The van der Waals surface area contributed by atoms with Gasteiger partial charge < -0.3 is 5.11 Å². The number of nitrogens with zero attached hydrogens (tertiary/aromatic N) is 1. The number of amides is 2. The van der Waals surface area contributed by atoms with E-state index in [4.69, 9.17) is 0 Å². The van der Waals surface area contributed by atoms with Crippen LogP contribution in [0.2, 0.25) is 0 Å². The average Bonchev–Trinajstić information content (AvgIpc) is 2.70. The normalized spacial score (nSPS) is 15.0. The molecule has 0 saturated heterocycles. The fraction of sp³-hybridized carbons (Fsp3) is 0.120.